The number of allylic oxidation sites excluding steroid dienone is 3. The van der Waals surface area contributed by atoms with E-state index in [-0.39, 0.29) is 33.1 Å². The summed E-state index contributed by atoms with van der Waals surface area (Å²) in [4.78, 5) is 28.0. The van der Waals surface area contributed by atoms with Crippen molar-refractivity contribution in [3.8, 4) is 0 Å². The van der Waals surface area contributed by atoms with Gasteiger partial charge < -0.3 is 15.3 Å². The quantitative estimate of drug-likeness (QED) is 0.296. The van der Waals surface area contributed by atoms with E-state index in [2.05, 4.69) is 84.6 Å². The van der Waals surface area contributed by atoms with Gasteiger partial charge in [0.05, 0.1) is 11.0 Å². The molecule has 1 aromatic rings. The summed E-state index contributed by atoms with van der Waals surface area (Å²) < 4.78 is 0. The molecule has 5 aliphatic rings. The third kappa shape index (κ3) is 4.71. The van der Waals surface area contributed by atoms with E-state index in [1.165, 1.54) is 36.8 Å². The van der Waals surface area contributed by atoms with Gasteiger partial charge in [-0.25, -0.2) is 4.79 Å². The number of carbonyl (C=O) groups is 2. The van der Waals surface area contributed by atoms with Crippen molar-refractivity contribution >= 4 is 17.4 Å². The zero-order valence-corrected chi connectivity index (χ0v) is 29.9. The van der Waals surface area contributed by atoms with Gasteiger partial charge in [0.25, 0.3) is 0 Å². The van der Waals surface area contributed by atoms with Gasteiger partial charge >= 0.3 is 5.97 Å². The number of fused-ring (bicyclic) bond motifs is 7. The molecule has 0 saturated heterocycles. The highest BCUT2D eigenvalue weighted by Crippen LogP contribution is 2.77. The van der Waals surface area contributed by atoms with Gasteiger partial charge in [0.15, 0.2) is 0 Å². The van der Waals surface area contributed by atoms with Gasteiger partial charge in [0, 0.05) is 12.6 Å². The molecule has 5 aliphatic carbocycles. The van der Waals surface area contributed by atoms with Crippen molar-refractivity contribution in [2.24, 2.45) is 56.7 Å². The van der Waals surface area contributed by atoms with Crippen molar-refractivity contribution in [1.29, 1.82) is 0 Å². The molecular formula is C41H60N2O3. The average molecular weight is 629 g/mol. The molecule has 0 aliphatic heterocycles. The van der Waals surface area contributed by atoms with E-state index in [9.17, 15) is 14.7 Å². The monoisotopic (exact) mass is 628 g/mol. The molecule has 0 radical (unpaired) electrons. The van der Waals surface area contributed by atoms with Crippen LogP contribution in [0, 0.1) is 56.7 Å². The van der Waals surface area contributed by atoms with Crippen LogP contribution >= 0.6 is 0 Å². The molecule has 0 bridgehead atoms. The lowest BCUT2D eigenvalue weighted by Crippen LogP contribution is -2.66. The van der Waals surface area contributed by atoms with Crippen LogP contribution in [0.25, 0.3) is 5.57 Å². The zero-order chi connectivity index (χ0) is 33.4. The summed E-state index contributed by atoms with van der Waals surface area (Å²) in [6, 6.07) is 7.69. The lowest BCUT2D eigenvalue weighted by Gasteiger charge is -2.72. The molecule has 10 atom stereocenters. The molecule has 252 valence electrons. The molecular weight excluding hydrogens is 568 g/mol. The summed E-state index contributed by atoms with van der Waals surface area (Å²) in [5.41, 5.74) is 3.25. The Morgan fingerprint density at radius 3 is 2.28 bits per heavy atom. The average Bonchev–Trinajstić information content (AvgIpc) is 3.37. The molecule has 0 aromatic heterocycles. The summed E-state index contributed by atoms with van der Waals surface area (Å²) in [7, 11) is 4.16. The fourth-order valence-electron chi connectivity index (χ4n) is 13.2. The minimum atomic E-state index is -0.872. The highest BCUT2D eigenvalue weighted by atomic mass is 16.4. The van der Waals surface area contributed by atoms with Gasteiger partial charge in [-0.15, -0.1) is 6.58 Å². The van der Waals surface area contributed by atoms with Gasteiger partial charge in [-0.05, 0) is 153 Å². The Bertz CT molecular complexity index is 1410. The Morgan fingerprint density at radius 1 is 0.957 bits per heavy atom. The first kappa shape index (κ1) is 33.5. The largest absolute Gasteiger partial charge is 0.478 e. The maximum absolute atomic E-state index is 14.3. The molecule has 5 nitrogen and oxygen atoms in total. The number of carbonyl (C=O) groups excluding carboxylic acids is 1. The maximum Gasteiger partial charge on any atom is 0.335 e. The van der Waals surface area contributed by atoms with E-state index in [0.29, 0.717) is 41.1 Å². The van der Waals surface area contributed by atoms with Crippen molar-refractivity contribution in [3.63, 3.8) is 0 Å². The first-order valence-electron chi connectivity index (χ1n) is 18.2. The number of nitrogens with zero attached hydrogens (tertiary/aromatic N) is 1. The lowest BCUT2D eigenvalue weighted by atomic mass is 9.32. The Kier molecular flexibility index (Phi) is 8.26. The fraction of sp³-hybridized carbons (Fsp3) is 0.707. The van der Waals surface area contributed by atoms with Crippen LogP contribution in [0.3, 0.4) is 0 Å². The number of carboxylic acids is 1. The summed E-state index contributed by atoms with van der Waals surface area (Å²) >= 11 is 0. The number of amides is 1. The van der Waals surface area contributed by atoms with Crippen molar-refractivity contribution in [2.75, 3.05) is 20.6 Å². The van der Waals surface area contributed by atoms with Gasteiger partial charge in [-0.1, -0.05) is 58.9 Å². The Morgan fingerprint density at radius 2 is 1.65 bits per heavy atom. The highest BCUT2D eigenvalue weighted by molar-refractivity contribution is 5.88. The minimum Gasteiger partial charge on any atom is -0.478 e. The zero-order valence-electron chi connectivity index (χ0n) is 29.9. The van der Waals surface area contributed by atoms with Crippen molar-refractivity contribution in [2.45, 2.75) is 105 Å². The number of hydrogen-bond donors (Lipinski definition) is 2. The molecule has 0 spiro atoms. The van der Waals surface area contributed by atoms with E-state index in [0.717, 1.165) is 38.6 Å². The first-order chi connectivity index (χ1) is 21.5. The molecule has 2 N–H and O–H groups in total. The van der Waals surface area contributed by atoms with Crippen molar-refractivity contribution < 1.29 is 14.7 Å². The Balaban J connectivity index is 1.32. The van der Waals surface area contributed by atoms with Crippen LogP contribution < -0.4 is 5.32 Å². The van der Waals surface area contributed by atoms with Gasteiger partial charge in [-0.3, -0.25) is 4.79 Å². The van der Waals surface area contributed by atoms with E-state index < -0.39 is 5.97 Å². The Labute approximate surface area is 278 Å². The van der Waals surface area contributed by atoms with Crippen LogP contribution in [-0.4, -0.2) is 48.6 Å². The van der Waals surface area contributed by atoms with Crippen LogP contribution in [0.2, 0.25) is 0 Å². The van der Waals surface area contributed by atoms with Crippen molar-refractivity contribution in [3.05, 3.63) is 54.1 Å². The standard InChI is InChI=1S/C41H60N2O3/c1-10-27-17-22-41(36(46)42-26(2)25-43(8)9)24-23-39(6)31(34(27)41)15-16-33-38(5)20-18-30(28-11-13-29(14-12-28)35(44)45)37(3,4)32(38)19-21-40(33,39)7/h10-14,18,26-27,31-34H,1,15-17,19-25H2,2-9H3,(H,42,46)(H,44,45)/t26-,27+,31+,32-,33+,34+,38-,39+,40+,41-/m0/s1. The second-order valence-corrected chi connectivity index (χ2v) is 17.9. The van der Waals surface area contributed by atoms with Gasteiger partial charge in [0.2, 0.25) is 5.91 Å². The number of aromatic carboxylic acids is 1. The lowest BCUT2D eigenvalue weighted by molar-refractivity contribution is -0.224. The maximum atomic E-state index is 14.3. The predicted molar refractivity (Wildman–Crippen MR) is 187 cm³/mol. The van der Waals surface area contributed by atoms with E-state index in [4.69, 9.17) is 0 Å². The summed E-state index contributed by atoms with van der Waals surface area (Å²) in [5.74, 6) is 1.97. The number of hydrogen-bond acceptors (Lipinski definition) is 3. The fourth-order valence-corrected chi connectivity index (χ4v) is 13.2. The number of benzene rings is 1. The summed E-state index contributed by atoms with van der Waals surface area (Å²) in [5, 5.41) is 12.9. The van der Waals surface area contributed by atoms with Gasteiger partial charge in [0.1, 0.15) is 0 Å². The number of carboxylic acid groups (broad SMARTS) is 1. The molecule has 0 unspecified atom stereocenters. The van der Waals surface area contributed by atoms with E-state index in [1.54, 1.807) is 12.1 Å². The van der Waals surface area contributed by atoms with Crippen LogP contribution in [0.15, 0.2) is 43.0 Å². The molecule has 4 saturated carbocycles. The second kappa shape index (κ2) is 11.3. The van der Waals surface area contributed by atoms with Crippen molar-refractivity contribution in [1.82, 2.24) is 10.2 Å². The first-order valence-corrected chi connectivity index (χ1v) is 18.2. The molecule has 4 fully saturated rings. The van der Waals surface area contributed by atoms with Gasteiger partial charge in [-0.2, -0.15) is 0 Å². The summed E-state index contributed by atoms with van der Waals surface area (Å²) in [6.07, 6.45) is 14.9. The smallest absolute Gasteiger partial charge is 0.335 e. The third-order valence-corrected chi connectivity index (χ3v) is 15.3. The number of rotatable bonds is 7. The molecule has 1 amide bonds. The SMILES string of the molecule is C=C[C@@H]1CC[C@]2(C(=O)N[C@@H](C)CN(C)C)CC[C@]3(C)[C@H](CC[C@@H]4[C@@]5(C)CC=C(c6ccc(C(=O)O)cc6)C(C)(C)[C@@H]5CC[C@]43C)[C@@H]12. The highest BCUT2D eigenvalue weighted by Gasteiger charge is 2.71. The van der Waals surface area contributed by atoms with E-state index in [1.807, 2.05) is 12.1 Å². The topological polar surface area (TPSA) is 69.6 Å². The molecule has 5 heteroatoms. The normalized spacial score (nSPS) is 41.7. The minimum absolute atomic E-state index is 0.000724. The Hall–Kier alpha value is -2.40. The van der Waals surface area contributed by atoms with Crippen LogP contribution in [0.5, 0.6) is 0 Å². The molecule has 6 rings (SSSR count). The molecule has 0 heterocycles. The third-order valence-electron chi connectivity index (χ3n) is 15.3. The van der Waals surface area contributed by atoms with Crippen LogP contribution in [0.1, 0.15) is 115 Å². The second-order valence-electron chi connectivity index (χ2n) is 17.9. The number of nitrogens with one attached hydrogen (secondary N) is 1. The molecule has 46 heavy (non-hydrogen) atoms. The van der Waals surface area contributed by atoms with Crippen LogP contribution in [0.4, 0.5) is 0 Å². The summed E-state index contributed by atoms with van der Waals surface area (Å²) in [6.45, 7) is 20.1. The predicted octanol–water partition coefficient (Wildman–Crippen LogP) is 8.71. The van der Waals surface area contributed by atoms with Crippen LogP contribution in [-0.2, 0) is 4.79 Å². The van der Waals surface area contributed by atoms with E-state index >= 15 is 0 Å². The number of likely N-dealkylation sites (N-methyl/N-ethyl adjacent to an activating group) is 1. The molecule has 1 aromatic carbocycles.